The number of hydrogen-bond donors (Lipinski definition) is 1. The lowest BCUT2D eigenvalue weighted by Gasteiger charge is -2.21. The molecule has 1 N–H and O–H groups in total. The summed E-state index contributed by atoms with van der Waals surface area (Å²) in [6.45, 7) is -0.914. The minimum Gasteiger partial charge on any atom is -0.496 e. The fourth-order valence-corrected chi connectivity index (χ4v) is 1.95. The molecule has 1 aliphatic carbocycles. The topological polar surface area (TPSA) is 30.5 Å². The smallest absolute Gasteiger partial charge is 0.411 e. The molecule has 1 aliphatic rings. The van der Waals surface area contributed by atoms with Gasteiger partial charge in [-0.3, -0.25) is 0 Å². The number of ether oxygens (including phenoxy) is 2. The van der Waals surface area contributed by atoms with Crippen LogP contribution in [0.25, 0.3) is 0 Å². The summed E-state index contributed by atoms with van der Waals surface area (Å²) in [6.07, 6.45) is -2.87. The van der Waals surface area contributed by atoms with Gasteiger partial charge < -0.3 is 14.8 Å². The van der Waals surface area contributed by atoms with Crippen molar-refractivity contribution >= 4 is 0 Å². The van der Waals surface area contributed by atoms with Crippen LogP contribution in [0.15, 0.2) is 24.3 Å². The van der Waals surface area contributed by atoms with Crippen molar-refractivity contribution in [3.05, 3.63) is 29.8 Å². The van der Waals surface area contributed by atoms with E-state index in [0.29, 0.717) is 23.9 Å². The van der Waals surface area contributed by atoms with Gasteiger partial charge in [0.15, 0.2) is 0 Å². The summed E-state index contributed by atoms with van der Waals surface area (Å²) >= 11 is 0. The summed E-state index contributed by atoms with van der Waals surface area (Å²) in [6, 6.07) is 7.39. The van der Waals surface area contributed by atoms with Crippen molar-refractivity contribution < 1.29 is 22.6 Å². The monoisotopic (exact) mass is 289 g/mol. The number of halogens is 3. The molecule has 1 aromatic carbocycles. The lowest BCUT2D eigenvalue weighted by Crippen LogP contribution is -2.28. The maximum atomic E-state index is 12.3. The van der Waals surface area contributed by atoms with Gasteiger partial charge in [-0.1, -0.05) is 18.2 Å². The lowest BCUT2D eigenvalue weighted by molar-refractivity contribution is -0.185. The summed E-state index contributed by atoms with van der Waals surface area (Å²) < 4.78 is 47.3. The third kappa shape index (κ3) is 4.68. The molecule has 3 nitrogen and oxygen atoms in total. The first-order chi connectivity index (χ1) is 9.49. The van der Waals surface area contributed by atoms with Gasteiger partial charge in [-0.05, 0) is 18.9 Å². The Hall–Kier alpha value is -1.27. The molecule has 1 atom stereocenters. The maximum absolute atomic E-state index is 12.3. The highest BCUT2D eigenvalue weighted by molar-refractivity contribution is 5.35. The maximum Gasteiger partial charge on any atom is 0.411 e. The lowest BCUT2D eigenvalue weighted by atomic mass is 10.1. The van der Waals surface area contributed by atoms with Crippen LogP contribution in [0.3, 0.4) is 0 Å². The Balaban J connectivity index is 2.06. The zero-order valence-electron chi connectivity index (χ0n) is 11.2. The number of hydrogen-bond acceptors (Lipinski definition) is 3. The van der Waals surface area contributed by atoms with Crippen molar-refractivity contribution in [3.8, 4) is 5.75 Å². The van der Waals surface area contributed by atoms with Gasteiger partial charge in [0, 0.05) is 18.2 Å². The highest BCUT2D eigenvalue weighted by Crippen LogP contribution is 2.30. The van der Waals surface area contributed by atoms with Crippen LogP contribution in [0.4, 0.5) is 13.2 Å². The second-order valence-electron chi connectivity index (χ2n) is 4.84. The second kappa shape index (κ2) is 6.45. The molecule has 0 aliphatic heterocycles. The molecule has 1 aromatic rings. The molecule has 0 bridgehead atoms. The molecule has 112 valence electrons. The normalized spacial score (nSPS) is 17.0. The predicted molar refractivity (Wildman–Crippen MR) is 68.8 cm³/mol. The van der Waals surface area contributed by atoms with E-state index in [9.17, 15) is 13.2 Å². The van der Waals surface area contributed by atoms with Crippen LogP contribution < -0.4 is 10.1 Å². The summed E-state index contributed by atoms with van der Waals surface area (Å²) in [7, 11) is 1.49. The summed E-state index contributed by atoms with van der Waals surface area (Å²) in [5.74, 6) is 0.539. The van der Waals surface area contributed by atoms with Crippen LogP contribution in [0.5, 0.6) is 5.75 Å². The Morgan fingerprint density at radius 3 is 2.60 bits per heavy atom. The van der Waals surface area contributed by atoms with E-state index in [1.54, 1.807) is 24.3 Å². The molecule has 1 saturated carbocycles. The first-order valence-corrected chi connectivity index (χ1v) is 6.54. The van der Waals surface area contributed by atoms with Crippen LogP contribution in [0.1, 0.15) is 24.5 Å². The quantitative estimate of drug-likeness (QED) is 0.837. The van der Waals surface area contributed by atoms with Crippen LogP contribution in [-0.2, 0) is 4.74 Å². The number of rotatable bonds is 7. The summed E-state index contributed by atoms with van der Waals surface area (Å²) in [5, 5.41) is 3.19. The van der Waals surface area contributed by atoms with Crippen LogP contribution in [-0.4, -0.2) is 32.5 Å². The van der Waals surface area contributed by atoms with Crippen LogP contribution >= 0.6 is 0 Å². The number of alkyl halides is 3. The van der Waals surface area contributed by atoms with Gasteiger partial charge in [-0.15, -0.1) is 0 Å². The van der Waals surface area contributed by atoms with Crippen LogP contribution in [0, 0.1) is 0 Å². The van der Waals surface area contributed by atoms with E-state index in [1.165, 1.54) is 7.11 Å². The van der Waals surface area contributed by atoms with Crippen molar-refractivity contribution in [2.24, 2.45) is 0 Å². The summed E-state index contributed by atoms with van der Waals surface area (Å²) in [5.41, 5.74) is 0.632. The van der Waals surface area contributed by atoms with Crippen molar-refractivity contribution in [1.29, 1.82) is 0 Å². The molecule has 0 heterocycles. The van der Waals surface area contributed by atoms with E-state index < -0.39 is 18.9 Å². The standard InChI is InChI=1S/C14H18F3NO2/c1-19-12-5-3-2-4-11(12)13(8-18-10-6-7-10)20-9-14(15,16)17/h2-5,10,13,18H,6-9H2,1H3. The third-order valence-corrected chi connectivity index (χ3v) is 3.10. The average Bonchev–Trinajstić information content (AvgIpc) is 3.22. The zero-order valence-corrected chi connectivity index (χ0v) is 11.2. The Labute approximate surface area is 116 Å². The number of para-hydroxylation sites is 1. The Bertz CT molecular complexity index is 433. The SMILES string of the molecule is COc1ccccc1C(CNC1CC1)OCC(F)(F)F. The van der Waals surface area contributed by atoms with E-state index in [1.807, 2.05) is 0 Å². The number of benzene rings is 1. The first-order valence-electron chi connectivity index (χ1n) is 6.54. The van der Waals surface area contributed by atoms with E-state index in [0.717, 1.165) is 12.8 Å². The predicted octanol–water partition coefficient (Wildman–Crippen LogP) is 3.07. The molecule has 0 spiro atoms. The molecular weight excluding hydrogens is 271 g/mol. The molecule has 6 heteroatoms. The van der Waals surface area contributed by atoms with Gasteiger partial charge in [-0.25, -0.2) is 0 Å². The van der Waals surface area contributed by atoms with Crippen molar-refractivity contribution in [2.75, 3.05) is 20.3 Å². The molecule has 1 unspecified atom stereocenters. The minimum atomic E-state index is -4.33. The molecule has 1 fully saturated rings. The Kier molecular flexibility index (Phi) is 4.88. The Morgan fingerprint density at radius 2 is 2.00 bits per heavy atom. The molecule has 0 amide bonds. The van der Waals surface area contributed by atoms with E-state index >= 15 is 0 Å². The second-order valence-corrected chi connectivity index (χ2v) is 4.84. The molecule has 0 aromatic heterocycles. The fourth-order valence-electron chi connectivity index (χ4n) is 1.95. The molecule has 2 rings (SSSR count). The van der Waals surface area contributed by atoms with Crippen LogP contribution in [0.2, 0.25) is 0 Å². The van der Waals surface area contributed by atoms with E-state index in [2.05, 4.69) is 5.32 Å². The molecule has 0 radical (unpaired) electrons. The van der Waals surface area contributed by atoms with Crippen molar-refractivity contribution in [2.45, 2.75) is 31.2 Å². The molecule has 20 heavy (non-hydrogen) atoms. The third-order valence-electron chi connectivity index (χ3n) is 3.10. The van der Waals surface area contributed by atoms with Crippen molar-refractivity contribution in [1.82, 2.24) is 5.32 Å². The van der Waals surface area contributed by atoms with E-state index in [-0.39, 0.29) is 0 Å². The fraction of sp³-hybridized carbons (Fsp3) is 0.571. The minimum absolute atomic E-state index is 0.348. The van der Waals surface area contributed by atoms with Gasteiger partial charge in [-0.2, -0.15) is 13.2 Å². The Morgan fingerprint density at radius 1 is 1.30 bits per heavy atom. The van der Waals surface area contributed by atoms with Gasteiger partial charge in [0.05, 0.1) is 13.2 Å². The first kappa shape index (κ1) is 15.1. The zero-order chi connectivity index (χ0) is 14.6. The largest absolute Gasteiger partial charge is 0.496 e. The summed E-state index contributed by atoms with van der Waals surface area (Å²) in [4.78, 5) is 0. The number of nitrogens with one attached hydrogen (secondary N) is 1. The average molecular weight is 289 g/mol. The molecule has 0 saturated heterocycles. The number of methoxy groups -OCH3 is 1. The van der Waals surface area contributed by atoms with Gasteiger partial charge >= 0.3 is 6.18 Å². The highest BCUT2D eigenvalue weighted by atomic mass is 19.4. The van der Waals surface area contributed by atoms with Gasteiger partial charge in [0.1, 0.15) is 12.4 Å². The van der Waals surface area contributed by atoms with Gasteiger partial charge in [0.2, 0.25) is 0 Å². The van der Waals surface area contributed by atoms with Gasteiger partial charge in [0.25, 0.3) is 0 Å². The van der Waals surface area contributed by atoms with E-state index in [4.69, 9.17) is 9.47 Å². The van der Waals surface area contributed by atoms with Crippen molar-refractivity contribution in [3.63, 3.8) is 0 Å². The highest BCUT2D eigenvalue weighted by Gasteiger charge is 2.31. The molecular formula is C14H18F3NO2.